The van der Waals surface area contributed by atoms with Crippen molar-refractivity contribution in [2.75, 3.05) is 6.61 Å². The van der Waals surface area contributed by atoms with Gasteiger partial charge in [0.25, 0.3) is 0 Å². The van der Waals surface area contributed by atoms with Crippen LogP contribution >= 0.6 is 0 Å². The molecule has 1 aliphatic rings. The van der Waals surface area contributed by atoms with E-state index < -0.39 is 17.8 Å². The second kappa shape index (κ2) is 5.28. The van der Waals surface area contributed by atoms with E-state index in [9.17, 15) is 18.3 Å². The third-order valence-electron chi connectivity index (χ3n) is 3.14. The molecule has 1 saturated carbocycles. The number of aliphatic hydroxyl groups excluding tert-OH is 1. The van der Waals surface area contributed by atoms with Crippen molar-refractivity contribution < 1.29 is 23.0 Å². The van der Waals surface area contributed by atoms with Crippen molar-refractivity contribution in [1.82, 2.24) is 0 Å². The maximum atomic E-state index is 12.5. The van der Waals surface area contributed by atoms with Crippen LogP contribution in [0.3, 0.4) is 0 Å². The zero-order valence-corrected chi connectivity index (χ0v) is 9.78. The van der Waals surface area contributed by atoms with Gasteiger partial charge in [-0.05, 0) is 37.0 Å². The third kappa shape index (κ3) is 3.23. The number of hydrogen-bond donors (Lipinski definition) is 1. The molecule has 0 aliphatic heterocycles. The van der Waals surface area contributed by atoms with Crippen molar-refractivity contribution in [1.29, 1.82) is 0 Å². The lowest BCUT2D eigenvalue weighted by Gasteiger charge is -2.26. The number of halogens is 3. The molecule has 0 aromatic heterocycles. The Labute approximate surface area is 103 Å². The van der Waals surface area contributed by atoms with Crippen LogP contribution in [-0.4, -0.2) is 17.8 Å². The van der Waals surface area contributed by atoms with Crippen LogP contribution in [0.15, 0.2) is 24.3 Å². The van der Waals surface area contributed by atoms with Gasteiger partial charge in [0.05, 0.1) is 18.3 Å². The van der Waals surface area contributed by atoms with E-state index >= 15 is 0 Å². The Morgan fingerprint density at radius 1 is 1.33 bits per heavy atom. The third-order valence-corrected chi connectivity index (χ3v) is 3.14. The predicted octanol–water partition coefficient (Wildman–Crippen LogP) is 3.31. The van der Waals surface area contributed by atoms with Crippen molar-refractivity contribution in [2.45, 2.75) is 37.6 Å². The quantitative estimate of drug-likeness (QED) is 0.900. The van der Waals surface area contributed by atoms with Gasteiger partial charge in [0.1, 0.15) is 6.10 Å². The standard InChI is InChI=1S/C13H15F3O2/c14-13(15,16)10-4-1-3-9(7-10)12(17)8-18-11-5-2-6-11/h1,3-4,7,11-12,17H,2,5-6,8H2. The summed E-state index contributed by atoms with van der Waals surface area (Å²) >= 11 is 0. The maximum absolute atomic E-state index is 12.5. The molecule has 18 heavy (non-hydrogen) atoms. The van der Waals surface area contributed by atoms with Crippen molar-refractivity contribution in [3.05, 3.63) is 35.4 Å². The zero-order valence-electron chi connectivity index (χ0n) is 9.78. The molecule has 0 heterocycles. The SMILES string of the molecule is OC(COC1CCC1)c1cccc(C(F)(F)F)c1. The van der Waals surface area contributed by atoms with Crippen molar-refractivity contribution in [2.24, 2.45) is 0 Å². The Morgan fingerprint density at radius 3 is 2.61 bits per heavy atom. The average molecular weight is 260 g/mol. The summed E-state index contributed by atoms with van der Waals surface area (Å²) in [5, 5.41) is 9.79. The first-order chi connectivity index (χ1) is 8.47. The van der Waals surface area contributed by atoms with Gasteiger partial charge in [-0.3, -0.25) is 0 Å². The lowest BCUT2D eigenvalue weighted by molar-refractivity contribution is -0.137. The fourth-order valence-corrected chi connectivity index (χ4v) is 1.78. The van der Waals surface area contributed by atoms with Gasteiger partial charge >= 0.3 is 6.18 Å². The molecule has 0 amide bonds. The first-order valence-corrected chi connectivity index (χ1v) is 5.93. The Hall–Kier alpha value is -1.07. The van der Waals surface area contributed by atoms with Crippen LogP contribution < -0.4 is 0 Å². The summed E-state index contributed by atoms with van der Waals surface area (Å²) in [5.74, 6) is 0. The van der Waals surface area contributed by atoms with Crippen LogP contribution in [0.5, 0.6) is 0 Å². The smallest absolute Gasteiger partial charge is 0.386 e. The Balaban J connectivity index is 1.98. The van der Waals surface area contributed by atoms with Gasteiger partial charge < -0.3 is 9.84 Å². The van der Waals surface area contributed by atoms with Crippen LogP contribution in [0.4, 0.5) is 13.2 Å². The van der Waals surface area contributed by atoms with Crippen LogP contribution in [0, 0.1) is 0 Å². The number of rotatable bonds is 4. The summed E-state index contributed by atoms with van der Waals surface area (Å²) in [7, 11) is 0. The van der Waals surface area contributed by atoms with Crippen molar-refractivity contribution in [3.63, 3.8) is 0 Å². The second-order valence-corrected chi connectivity index (χ2v) is 4.53. The number of aliphatic hydroxyl groups is 1. The van der Waals surface area contributed by atoms with Crippen molar-refractivity contribution >= 4 is 0 Å². The molecule has 1 unspecified atom stereocenters. The van der Waals surface area contributed by atoms with E-state index in [2.05, 4.69) is 0 Å². The van der Waals surface area contributed by atoms with Crippen LogP contribution in [0.1, 0.15) is 36.5 Å². The van der Waals surface area contributed by atoms with E-state index in [0.717, 1.165) is 31.4 Å². The first kappa shape index (κ1) is 13.4. The maximum Gasteiger partial charge on any atom is 0.416 e. The fourth-order valence-electron chi connectivity index (χ4n) is 1.78. The summed E-state index contributed by atoms with van der Waals surface area (Å²) in [4.78, 5) is 0. The highest BCUT2D eigenvalue weighted by molar-refractivity contribution is 5.27. The molecule has 0 radical (unpaired) electrons. The van der Waals surface area contributed by atoms with Crippen molar-refractivity contribution in [3.8, 4) is 0 Å². The van der Waals surface area contributed by atoms with E-state index in [1.807, 2.05) is 0 Å². The number of alkyl halides is 3. The summed E-state index contributed by atoms with van der Waals surface area (Å²) in [6.07, 6.45) is -2.18. The van der Waals surface area contributed by atoms with Gasteiger partial charge in [-0.1, -0.05) is 12.1 Å². The molecule has 1 N–H and O–H groups in total. The van der Waals surface area contributed by atoms with E-state index in [4.69, 9.17) is 4.74 Å². The molecule has 2 rings (SSSR count). The van der Waals surface area contributed by atoms with Crippen LogP contribution in [0.2, 0.25) is 0 Å². The summed E-state index contributed by atoms with van der Waals surface area (Å²) in [5.41, 5.74) is -0.508. The second-order valence-electron chi connectivity index (χ2n) is 4.53. The van der Waals surface area contributed by atoms with Gasteiger partial charge in [-0.25, -0.2) is 0 Å². The predicted molar refractivity (Wildman–Crippen MR) is 60.0 cm³/mol. The monoisotopic (exact) mass is 260 g/mol. The summed E-state index contributed by atoms with van der Waals surface area (Å²) in [6, 6.07) is 4.73. The van der Waals surface area contributed by atoms with E-state index in [1.54, 1.807) is 0 Å². The molecule has 100 valence electrons. The number of benzene rings is 1. The molecular formula is C13H15F3O2. The van der Waals surface area contributed by atoms with Gasteiger partial charge in [-0.15, -0.1) is 0 Å². The summed E-state index contributed by atoms with van der Waals surface area (Å²) < 4.78 is 42.9. The highest BCUT2D eigenvalue weighted by atomic mass is 19.4. The molecular weight excluding hydrogens is 245 g/mol. The number of hydrogen-bond acceptors (Lipinski definition) is 2. The minimum Gasteiger partial charge on any atom is -0.386 e. The van der Waals surface area contributed by atoms with E-state index in [1.165, 1.54) is 12.1 Å². The minimum atomic E-state index is -4.38. The molecule has 5 heteroatoms. The topological polar surface area (TPSA) is 29.5 Å². The molecule has 1 atom stereocenters. The van der Waals surface area contributed by atoms with Gasteiger partial charge in [0, 0.05) is 0 Å². The highest BCUT2D eigenvalue weighted by Gasteiger charge is 2.31. The molecule has 1 aliphatic carbocycles. The van der Waals surface area contributed by atoms with E-state index in [0.29, 0.717) is 0 Å². The first-order valence-electron chi connectivity index (χ1n) is 5.93. The normalized spacial score (nSPS) is 18.4. The van der Waals surface area contributed by atoms with Crippen LogP contribution in [-0.2, 0) is 10.9 Å². The van der Waals surface area contributed by atoms with Gasteiger partial charge in [0.15, 0.2) is 0 Å². The lowest BCUT2D eigenvalue weighted by atomic mass is 9.96. The largest absolute Gasteiger partial charge is 0.416 e. The highest BCUT2D eigenvalue weighted by Crippen LogP contribution is 2.31. The minimum absolute atomic E-state index is 0.0476. The lowest BCUT2D eigenvalue weighted by Crippen LogP contribution is -2.24. The Kier molecular flexibility index (Phi) is 3.92. The average Bonchev–Trinajstić information content (AvgIpc) is 2.26. The summed E-state index contributed by atoms with van der Waals surface area (Å²) in [6.45, 7) is 0.0476. The fraction of sp³-hybridized carbons (Fsp3) is 0.538. The van der Waals surface area contributed by atoms with Crippen LogP contribution in [0.25, 0.3) is 0 Å². The molecule has 0 spiro atoms. The molecule has 1 aromatic carbocycles. The molecule has 0 bridgehead atoms. The molecule has 0 saturated heterocycles. The van der Waals surface area contributed by atoms with Gasteiger partial charge in [-0.2, -0.15) is 13.2 Å². The molecule has 1 aromatic rings. The van der Waals surface area contributed by atoms with E-state index in [-0.39, 0.29) is 18.3 Å². The Bertz CT molecular complexity index is 399. The molecule has 1 fully saturated rings. The zero-order chi connectivity index (χ0) is 13.2. The number of ether oxygens (including phenoxy) is 1. The molecule has 2 nitrogen and oxygen atoms in total. The Morgan fingerprint density at radius 2 is 2.06 bits per heavy atom. The van der Waals surface area contributed by atoms with Gasteiger partial charge in [0.2, 0.25) is 0 Å².